The summed E-state index contributed by atoms with van der Waals surface area (Å²) in [6, 6.07) is 8.09. The van der Waals surface area contributed by atoms with Crippen molar-refractivity contribution < 1.29 is 9.53 Å². The summed E-state index contributed by atoms with van der Waals surface area (Å²) in [5.41, 5.74) is 1.14. The molecule has 3 rings (SSSR count). The van der Waals surface area contributed by atoms with Crippen LogP contribution < -0.4 is 10.1 Å². The Bertz CT molecular complexity index is 542. The third-order valence-electron chi connectivity index (χ3n) is 5.48. The van der Waals surface area contributed by atoms with Gasteiger partial charge in [0.2, 0.25) is 0 Å². The molecule has 2 bridgehead atoms. The number of aryl methyl sites for hydroxylation is 1. The molecule has 3 nitrogen and oxygen atoms in total. The average molecular weight is 301 g/mol. The first kappa shape index (κ1) is 15.4. The Morgan fingerprint density at radius 1 is 1.27 bits per heavy atom. The van der Waals surface area contributed by atoms with Crippen molar-refractivity contribution in [2.75, 3.05) is 0 Å². The topological polar surface area (TPSA) is 38.3 Å². The fourth-order valence-corrected chi connectivity index (χ4v) is 4.30. The van der Waals surface area contributed by atoms with Crippen LogP contribution in [0.25, 0.3) is 0 Å². The number of nitrogens with one attached hydrogen (secondary N) is 1. The summed E-state index contributed by atoms with van der Waals surface area (Å²) in [5.74, 6) is 3.16. The lowest BCUT2D eigenvalue weighted by molar-refractivity contribution is -0.128. The van der Waals surface area contributed by atoms with E-state index in [9.17, 15) is 4.79 Å². The van der Waals surface area contributed by atoms with Crippen molar-refractivity contribution in [2.24, 2.45) is 17.8 Å². The number of hydrogen-bond donors (Lipinski definition) is 1. The van der Waals surface area contributed by atoms with Crippen LogP contribution in [0.3, 0.4) is 0 Å². The van der Waals surface area contributed by atoms with Gasteiger partial charge in [0.05, 0.1) is 0 Å². The SMILES string of the molecule is Cc1cccc(O[C@H](C)C(=O)N[C@@H](C)[C@H]2C[C@H]3CC[C@H]2C3)c1. The molecule has 1 aromatic carbocycles. The van der Waals surface area contributed by atoms with Crippen LogP contribution in [0.4, 0.5) is 0 Å². The quantitative estimate of drug-likeness (QED) is 0.900. The van der Waals surface area contributed by atoms with Gasteiger partial charge in [-0.25, -0.2) is 0 Å². The zero-order chi connectivity index (χ0) is 15.7. The van der Waals surface area contributed by atoms with Crippen molar-refractivity contribution in [1.82, 2.24) is 5.32 Å². The Morgan fingerprint density at radius 3 is 2.73 bits per heavy atom. The van der Waals surface area contributed by atoms with Gasteiger partial charge in [0.25, 0.3) is 5.91 Å². The first-order valence-corrected chi connectivity index (χ1v) is 8.56. The van der Waals surface area contributed by atoms with Crippen LogP contribution in [0.15, 0.2) is 24.3 Å². The van der Waals surface area contributed by atoms with E-state index in [1.165, 1.54) is 25.7 Å². The third kappa shape index (κ3) is 3.29. The van der Waals surface area contributed by atoms with Crippen molar-refractivity contribution in [1.29, 1.82) is 0 Å². The molecule has 2 fully saturated rings. The highest BCUT2D eigenvalue weighted by Crippen LogP contribution is 2.49. The molecule has 2 saturated carbocycles. The molecule has 2 aliphatic carbocycles. The van der Waals surface area contributed by atoms with Gasteiger partial charge in [-0.2, -0.15) is 0 Å². The summed E-state index contributed by atoms with van der Waals surface area (Å²) in [6.07, 6.45) is 4.96. The van der Waals surface area contributed by atoms with Crippen LogP contribution in [-0.4, -0.2) is 18.1 Å². The van der Waals surface area contributed by atoms with Gasteiger partial charge in [-0.05, 0) is 75.5 Å². The largest absolute Gasteiger partial charge is 0.481 e. The second-order valence-corrected chi connectivity index (χ2v) is 7.21. The van der Waals surface area contributed by atoms with E-state index in [2.05, 4.69) is 12.2 Å². The summed E-state index contributed by atoms with van der Waals surface area (Å²) in [6.45, 7) is 6.00. The first-order chi connectivity index (χ1) is 10.5. The third-order valence-corrected chi connectivity index (χ3v) is 5.48. The molecule has 1 N–H and O–H groups in total. The average Bonchev–Trinajstić information content (AvgIpc) is 3.09. The van der Waals surface area contributed by atoms with Crippen molar-refractivity contribution in [3.8, 4) is 5.75 Å². The van der Waals surface area contributed by atoms with Gasteiger partial charge in [0, 0.05) is 6.04 Å². The van der Waals surface area contributed by atoms with Crippen LogP contribution in [0.1, 0.15) is 45.1 Å². The lowest BCUT2D eigenvalue weighted by Crippen LogP contribution is -2.45. The monoisotopic (exact) mass is 301 g/mol. The van der Waals surface area contributed by atoms with E-state index in [-0.39, 0.29) is 11.9 Å². The molecule has 120 valence electrons. The van der Waals surface area contributed by atoms with E-state index in [1.54, 1.807) is 0 Å². The normalized spacial score (nSPS) is 29.1. The Labute approximate surface area is 133 Å². The number of carbonyl (C=O) groups excluding carboxylic acids is 1. The van der Waals surface area contributed by atoms with Crippen LogP contribution in [-0.2, 0) is 4.79 Å². The number of hydrogen-bond acceptors (Lipinski definition) is 2. The molecule has 0 heterocycles. The van der Waals surface area contributed by atoms with Gasteiger partial charge >= 0.3 is 0 Å². The van der Waals surface area contributed by atoms with Gasteiger partial charge in [0.1, 0.15) is 5.75 Å². The maximum Gasteiger partial charge on any atom is 0.260 e. The van der Waals surface area contributed by atoms with Crippen molar-refractivity contribution in [2.45, 2.75) is 58.6 Å². The Balaban J connectivity index is 1.52. The molecule has 0 aromatic heterocycles. The molecular formula is C19H27NO2. The maximum absolute atomic E-state index is 12.4. The highest BCUT2D eigenvalue weighted by molar-refractivity contribution is 5.81. The van der Waals surface area contributed by atoms with Gasteiger partial charge in [0.15, 0.2) is 6.10 Å². The highest BCUT2D eigenvalue weighted by Gasteiger charge is 2.42. The summed E-state index contributed by atoms with van der Waals surface area (Å²) in [4.78, 5) is 12.4. The minimum absolute atomic E-state index is 0.00298. The van der Waals surface area contributed by atoms with E-state index >= 15 is 0 Å². The van der Waals surface area contributed by atoms with E-state index in [0.717, 1.165) is 23.1 Å². The molecule has 5 atom stereocenters. The first-order valence-electron chi connectivity index (χ1n) is 8.56. The number of carbonyl (C=O) groups is 1. The predicted octanol–water partition coefficient (Wildman–Crippen LogP) is 3.70. The van der Waals surface area contributed by atoms with E-state index in [0.29, 0.717) is 5.92 Å². The van der Waals surface area contributed by atoms with Gasteiger partial charge in [-0.3, -0.25) is 4.79 Å². The smallest absolute Gasteiger partial charge is 0.260 e. The van der Waals surface area contributed by atoms with Crippen LogP contribution >= 0.6 is 0 Å². The molecule has 22 heavy (non-hydrogen) atoms. The van der Waals surface area contributed by atoms with Gasteiger partial charge in [-0.1, -0.05) is 18.6 Å². The second-order valence-electron chi connectivity index (χ2n) is 7.21. The molecule has 0 radical (unpaired) electrons. The molecule has 0 aliphatic heterocycles. The summed E-state index contributed by atoms with van der Waals surface area (Å²) < 4.78 is 5.77. The molecule has 3 heteroatoms. The lowest BCUT2D eigenvalue weighted by atomic mass is 9.84. The fraction of sp³-hybridized carbons (Fsp3) is 0.632. The van der Waals surface area contributed by atoms with Crippen molar-refractivity contribution in [3.63, 3.8) is 0 Å². The van der Waals surface area contributed by atoms with Crippen molar-refractivity contribution in [3.05, 3.63) is 29.8 Å². The number of fused-ring (bicyclic) bond motifs is 2. The molecule has 0 unspecified atom stereocenters. The number of amides is 1. The standard InChI is InChI=1S/C19H27NO2/c1-12-5-4-6-17(9-12)22-14(3)19(21)20-13(2)18-11-15-7-8-16(18)10-15/h4-6,9,13-16,18H,7-8,10-11H2,1-3H3,(H,20,21)/t13-,14+,15-,16-,18+/m0/s1. The zero-order valence-electron chi connectivity index (χ0n) is 13.8. The molecule has 1 amide bonds. The van der Waals surface area contributed by atoms with Gasteiger partial charge in [-0.15, -0.1) is 0 Å². The molecule has 0 saturated heterocycles. The maximum atomic E-state index is 12.4. The Morgan fingerprint density at radius 2 is 2.09 bits per heavy atom. The zero-order valence-corrected chi connectivity index (χ0v) is 13.8. The number of rotatable bonds is 5. The summed E-state index contributed by atoms with van der Waals surface area (Å²) in [7, 11) is 0. The molecule has 0 spiro atoms. The fourth-order valence-electron chi connectivity index (χ4n) is 4.30. The van der Waals surface area contributed by atoms with E-state index in [4.69, 9.17) is 4.74 Å². The van der Waals surface area contributed by atoms with Crippen LogP contribution in [0, 0.1) is 24.7 Å². The minimum Gasteiger partial charge on any atom is -0.481 e. The molecule has 1 aromatic rings. The highest BCUT2D eigenvalue weighted by atomic mass is 16.5. The number of benzene rings is 1. The van der Waals surface area contributed by atoms with Crippen LogP contribution in [0.5, 0.6) is 5.75 Å². The minimum atomic E-state index is -0.456. The van der Waals surface area contributed by atoms with E-state index in [1.807, 2.05) is 38.1 Å². The summed E-state index contributed by atoms with van der Waals surface area (Å²) >= 11 is 0. The van der Waals surface area contributed by atoms with Gasteiger partial charge < -0.3 is 10.1 Å². The van der Waals surface area contributed by atoms with Crippen molar-refractivity contribution >= 4 is 5.91 Å². The second kappa shape index (κ2) is 6.31. The number of ether oxygens (including phenoxy) is 1. The Kier molecular flexibility index (Phi) is 4.42. The lowest BCUT2D eigenvalue weighted by Gasteiger charge is -2.29. The van der Waals surface area contributed by atoms with E-state index < -0.39 is 6.10 Å². The van der Waals surface area contributed by atoms with Crippen LogP contribution in [0.2, 0.25) is 0 Å². The predicted molar refractivity (Wildman–Crippen MR) is 87.8 cm³/mol. The summed E-state index contributed by atoms with van der Waals surface area (Å²) in [5, 5.41) is 3.18. The molecule has 2 aliphatic rings. The molecular weight excluding hydrogens is 274 g/mol. The Hall–Kier alpha value is -1.51.